The van der Waals surface area contributed by atoms with Crippen LogP contribution in [0.15, 0.2) is 11.6 Å². The number of carbonyl (C=O) groups excluding carboxylic acids is 2. The van der Waals surface area contributed by atoms with Crippen molar-refractivity contribution in [1.29, 1.82) is 0 Å². The topological polar surface area (TPSA) is 63.6 Å². The number of ether oxygens (including phenoxy) is 1. The second-order valence-electron chi connectivity index (χ2n) is 5.20. The molecule has 4 nitrogen and oxygen atoms in total. The maximum Gasteiger partial charge on any atom is 0.234 e. The highest BCUT2D eigenvalue weighted by Gasteiger charge is 2.39. The number of benzene rings is 1. The number of hydrogen-bond donors (Lipinski definition) is 1. The van der Waals surface area contributed by atoms with E-state index in [2.05, 4.69) is 0 Å². The number of hydrogen-bond acceptors (Lipinski definition) is 4. The van der Waals surface area contributed by atoms with Crippen molar-refractivity contribution in [3.8, 4) is 5.75 Å². The molecule has 98 valence electrons. The Morgan fingerprint density at radius 1 is 1.21 bits per heavy atom. The third kappa shape index (κ3) is 1.40. The molecule has 1 aliphatic carbocycles. The third-order valence-corrected chi connectivity index (χ3v) is 3.85. The number of Topliss-reactive ketones (excluding diaryl/α,β-unsaturated/α-hetero) is 2. The van der Waals surface area contributed by atoms with Gasteiger partial charge in [0.05, 0.1) is 6.61 Å². The van der Waals surface area contributed by atoms with Crippen molar-refractivity contribution < 1.29 is 19.4 Å². The molecule has 4 heteroatoms. The first-order valence-corrected chi connectivity index (χ1v) is 6.23. The zero-order valence-corrected chi connectivity index (χ0v) is 11.0. The van der Waals surface area contributed by atoms with Gasteiger partial charge in [-0.1, -0.05) is 6.92 Å². The van der Waals surface area contributed by atoms with E-state index in [1.165, 1.54) is 0 Å². The summed E-state index contributed by atoms with van der Waals surface area (Å²) in [6.45, 7) is 5.64. The van der Waals surface area contributed by atoms with Gasteiger partial charge in [-0.05, 0) is 25.5 Å². The molecule has 1 heterocycles. The van der Waals surface area contributed by atoms with Crippen LogP contribution in [0.2, 0.25) is 0 Å². The van der Waals surface area contributed by atoms with Gasteiger partial charge in [-0.2, -0.15) is 0 Å². The summed E-state index contributed by atoms with van der Waals surface area (Å²) in [6.07, 6.45) is 0. The number of phenolic OH excluding ortho intramolecular Hbond substituents is 1. The number of aryl methyl sites for hydroxylation is 1. The number of ketones is 2. The Kier molecular flexibility index (Phi) is 2.33. The Bertz CT molecular complexity index is 667. The molecule has 1 aliphatic heterocycles. The molecule has 2 aliphatic rings. The van der Waals surface area contributed by atoms with Crippen LogP contribution < -0.4 is 0 Å². The molecule has 1 N–H and O–H groups in total. The highest BCUT2D eigenvalue weighted by Crippen LogP contribution is 2.45. The molecular formula is C15H14O4. The fourth-order valence-corrected chi connectivity index (χ4v) is 2.89. The van der Waals surface area contributed by atoms with Gasteiger partial charge in [0.1, 0.15) is 11.5 Å². The highest BCUT2D eigenvalue weighted by atomic mass is 16.5. The lowest BCUT2D eigenvalue weighted by Gasteiger charge is -2.32. The minimum Gasteiger partial charge on any atom is -0.508 e. The quantitative estimate of drug-likeness (QED) is 0.725. The smallest absolute Gasteiger partial charge is 0.234 e. The Labute approximate surface area is 110 Å². The lowest BCUT2D eigenvalue weighted by molar-refractivity contribution is -0.112. The molecule has 19 heavy (non-hydrogen) atoms. The van der Waals surface area contributed by atoms with Crippen LogP contribution in [-0.4, -0.2) is 23.3 Å². The second kappa shape index (κ2) is 3.70. The van der Waals surface area contributed by atoms with Crippen molar-refractivity contribution in [3.05, 3.63) is 33.9 Å². The van der Waals surface area contributed by atoms with Gasteiger partial charge >= 0.3 is 0 Å². The average Bonchev–Trinajstić information content (AvgIpc) is 2.35. The standard InChI is InChI=1S/C15H14O4/c1-6-4-9(16)10-7(2)5-19-15-8(3)13(17)14(18)11(6)12(10)15/h4,7,16H,5H2,1-3H3/t7-/m1/s1. The van der Waals surface area contributed by atoms with Gasteiger partial charge in [0.25, 0.3) is 0 Å². The van der Waals surface area contributed by atoms with Gasteiger partial charge in [-0.25, -0.2) is 0 Å². The Morgan fingerprint density at radius 2 is 1.89 bits per heavy atom. The summed E-state index contributed by atoms with van der Waals surface area (Å²) in [4.78, 5) is 24.1. The SMILES string of the molecule is CC1=C2OC[C@@H](C)c3c(O)cc(C)c(c32)C(=O)C1=O. The van der Waals surface area contributed by atoms with Crippen molar-refractivity contribution in [1.82, 2.24) is 0 Å². The molecular weight excluding hydrogens is 244 g/mol. The van der Waals surface area contributed by atoms with Crippen molar-refractivity contribution in [2.75, 3.05) is 6.61 Å². The average molecular weight is 258 g/mol. The number of allylic oxidation sites excluding steroid dienone is 1. The molecule has 3 rings (SSSR count). The molecule has 0 spiro atoms. The van der Waals surface area contributed by atoms with E-state index in [1.54, 1.807) is 19.9 Å². The summed E-state index contributed by atoms with van der Waals surface area (Å²) in [6, 6.07) is 1.56. The predicted octanol–water partition coefficient (Wildman–Crippen LogP) is 2.33. The molecule has 0 saturated heterocycles. The van der Waals surface area contributed by atoms with E-state index in [0.29, 0.717) is 40.2 Å². The van der Waals surface area contributed by atoms with Crippen LogP contribution in [0, 0.1) is 6.92 Å². The molecule has 0 amide bonds. The summed E-state index contributed by atoms with van der Waals surface area (Å²) in [5.74, 6) is -0.414. The fraction of sp³-hybridized carbons (Fsp3) is 0.333. The Hall–Kier alpha value is -2.10. The van der Waals surface area contributed by atoms with E-state index in [1.807, 2.05) is 6.92 Å². The lowest BCUT2D eigenvalue weighted by atomic mass is 9.79. The zero-order valence-electron chi connectivity index (χ0n) is 11.0. The van der Waals surface area contributed by atoms with Crippen LogP contribution in [0.5, 0.6) is 5.75 Å². The number of carbonyl (C=O) groups is 2. The zero-order chi connectivity index (χ0) is 13.9. The van der Waals surface area contributed by atoms with Gasteiger partial charge in [-0.3, -0.25) is 9.59 Å². The van der Waals surface area contributed by atoms with E-state index in [0.717, 1.165) is 0 Å². The van der Waals surface area contributed by atoms with E-state index in [4.69, 9.17) is 4.74 Å². The third-order valence-electron chi connectivity index (χ3n) is 3.85. The van der Waals surface area contributed by atoms with Crippen LogP contribution in [0.4, 0.5) is 0 Å². The summed E-state index contributed by atoms with van der Waals surface area (Å²) in [5, 5.41) is 10.1. The Balaban J connectivity index is 2.48. The minimum absolute atomic E-state index is 0.00750. The fourth-order valence-electron chi connectivity index (χ4n) is 2.89. The van der Waals surface area contributed by atoms with Crippen molar-refractivity contribution in [2.45, 2.75) is 26.7 Å². The van der Waals surface area contributed by atoms with Crippen LogP contribution in [0.25, 0.3) is 5.76 Å². The highest BCUT2D eigenvalue weighted by molar-refractivity contribution is 6.52. The number of phenols is 1. The maximum absolute atomic E-state index is 12.2. The maximum atomic E-state index is 12.2. The van der Waals surface area contributed by atoms with Gasteiger partial charge < -0.3 is 9.84 Å². The van der Waals surface area contributed by atoms with Gasteiger partial charge in [0.2, 0.25) is 11.6 Å². The molecule has 1 aromatic carbocycles. The molecule has 0 bridgehead atoms. The molecule has 0 saturated carbocycles. The van der Waals surface area contributed by atoms with Crippen LogP contribution >= 0.6 is 0 Å². The minimum atomic E-state index is -0.517. The van der Waals surface area contributed by atoms with Crippen molar-refractivity contribution >= 4 is 17.3 Å². The van der Waals surface area contributed by atoms with Gasteiger partial charge in [-0.15, -0.1) is 0 Å². The summed E-state index contributed by atoms with van der Waals surface area (Å²) < 4.78 is 5.63. The summed E-state index contributed by atoms with van der Waals surface area (Å²) >= 11 is 0. The van der Waals surface area contributed by atoms with Crippen molar-refractivity contribution in [2.24, 2.45) is 0 Å². The molecule has 0 unspecified atom stereocenters. The molecule has 0 fully saturated rings. The molecule has 1 atom stereocenters. The monoisotopic (exact) mass is 258 g/mol. The first-order chi connectivity index (χ1) is 8.93. The van der Waals surface area contributed by atoms with Crippen molar-refractivity contribution in [3.63, 3.8) is 0 Å². The van der Waals surface area contributed by atoms with Gasteiger partial charge in [0, 0.05) is 28.2 Å². The van der Waals surface area contributed by atoms with Crippen LogP contribution in [0.1, 0.15) is 46.8 Å². The summed E-state index contributed by atoms with van der Waals surface area (Å²) in [5.41, 5.74) is 2.64. The first kappa shape index (κ1) is 12.0. The second-order valence-corrected chi connectivity index (χ2v) is 5.20. The van der Waals surface area contributed by atoms with Crippen LogP contribution in [0.3, 0.4) is 0 Å². The van der Waals surface area contributed by atoms with E-state index in [-0.39, 0.29) is 11.7 Å². The predicted molar refractivity (Wildman–Crippen MR) is 69.1 cm³/mol. The number of aromatic hydroxyl groups is 1. The van der Waals surface area contributed by atoms with Gasteiger partial charge in [0.15, 0.2) is 0 Å². The molecule has 0 radical (unpaired) electrons. The summed E-state index contributed by atoms with van der Waals surface area (Å²) in [7, 11) is 0. The largest absolute Gasteiger partial charge is 0.508 e. The molecule has 0 aromatic heterocycles. The normalized spacial score (nSPS) is 21.3. The first-order valence-electron chi connectivity index (χ1n) is 6.23. The lowest BCUT2D eigenvalue weighted by Crippen LogP contribution is -2.29. The Morgan fingerprint density at radius 3 is 2.58 bits per heavy atom. The van der Waals surface area contributed by atoms with Crippen LogP contribution in [-0.2, 0) is 9.53 Å². The van der Waals surface area contributed by atoms with E-state index < -0.39 is 11.6 Å². The molecule has 1 aromatic rings. The van der Waals surface area contributed by atoms with E-state index >= 15 is 0 Å². The number of rotatable bonds is 0. The van der Waals surface area contributed by atoms with E-state index in [9.17, 15) is 14.7 Å².